The Kier molecular flexibility index (Phi) is 5.68. The van der Waals surface area contributed by atoms with Crippen LogP contribution < -0.4 is 0 Å². The highest BCUT2D eigenvalue weighted by atomic mass is 16.5. The third-order valence-electron chi connectivity index (χ3n) is 3.56. The molecule has 0 radical (unpaired) electrons. The highest BCUT2D eigenvalue weighted by Crippen LogP contribution is 2.09. The Labute approximate surface area is 110 Å². The molecule has 0 bridgehead atoms. The van der Waals surface area contributed by atoms with E-state index in [0.29, 0.717) is 0 Å². The first kappa shape index (κ1) is 13.6. The van der Waals surface area contributed by atoms with Crippen molar-refractivity contribution in [3.8, 4) is 0 Å². The van der Waals surface area contributed by atoms with E-state index >= 15 is 0 Å². The number of nitrogens with zero attached hydrogens (tertiary/aromatic N) is 3. The Balaban J connectivity index is 1.69. The van der Waals surface area contributed by atoms with E-state index in [-0.39, 0.29) is 0 Å². The lowest BCUT2D eigenvalue weighted by Gasteiger charge is -2.14. The van der Waals surface area contributed by atoms with Gasteiger partial charge in [0, 0.05) is 32.0 Å². The van der Waals surface area contributed by atoms with E-state index in [2.05, 4.69) is 20.6 Å². The largest absolute Gasteiger partial charge is 0.380 e. The van der Waals surface area contributed by atoms with E-state index in [9.17, 15) is 0 Å². The quantitative estimate of drug-likeness (QED) is 0.662. The number of imidazole rings is 1. The predicted molar refractivity (Wildman–Crippen MR) is 72.7 cm³/mol. The molecule has 0 aromatic carbocycles. The fourth-order valence-corrected chi connectivity index (χ4v) is 2.55. The zero-order valence-corrected chi connectivity index (χ0v) is 11.5. The van der Waals surface area contributed by atoms with Crippen molar-refractivity contribution in [2.24, 2.45) is 0 Å². The van der Waals surface area contributed by atoms with Crippen LogP contribution in [0.5, 0.6) is 0 Å². The van der Waals surface area contributed by atoms with E-state index in [1.54, 1.807) is 0 Å². The van der Waals surface area contributed by atoms with Crippen molar-refractivity contribution in [3.63, 3.8) is 0 Å². The van der Waals surface area contributed by atoms with Crippen LogP contribution in [0.4, 0.5) is 0 Å². The summed E-state index contributed by atoms with van der Waals surface area (Å²) in [5, 5.41) is 0. The molecule has 0 spiro atoms. The summed E-state index contributed by atoms with van der Waals surface area (Å²) < 4.78 is 7.61. The van der Waals surface area contributed by atoms with Crippen molar-refractivity contribution < 1.29 is 4.74 Å². The number of hydrogen-bond donors (Lipinski definition) is 0. The van der Waals surface area contributed by atoms with Gasteiger partial charge in [0.1, 0.15) is 5.82 Å². The molecule has 1 fully saturated rings. The van der Waals surface area contributed by atoms with Gasteiger partial charge in [-0.05, 0) is 45.8 Å². The predicted octanol–water partition coefficient (Wildman–Crippen LogP) is 1.95. The van der Waals surface area contributed by atoms with Gasteiger partial charge in [0.15, 0.2) is 0 Å². The van der Waals surface area contributed by atoms with Crippen LogP contribution in [0, 0.1) is 0 Å². The highest BCUT2D eigenvalue weighted by molar-refractivity contribution is 4.92. The maximum Gasteiger partial charge on any atom is 0.108 e. The summed E-state index contributed by atoms with van der Waals surface area (Å²) in [6.45, 7) is 8.33. The topological polar surface area (TPSA) is 30.3 Å². The third kappa shape index (κ3) is 4.10. The van der Waals surface area contributed by atoms with E-state index in [0.717, 1.165) is 26.2 Å². The minimum Gasteiger partial charge on any atom is -0.380 e. The number of likely N-dealkylation sites (tertiary alicyclic amines) is 1. The molecule has 18 heavy (non-hydrogen) atoms. The van der Waals surface area contributed by atoms with Crippen molar-refractivity contribution >= 4 is 0 Å². The second kappa shape index (κ2) is 7.54. The highest BCUT2D eigenvalue weighted by Gasteiger charge is 2.11. The van der Waals surface area contributed by atoms with Crippen LogP contribution in [0.3, 0.4) is 0 Å². The molecule has 1 aromatic rings. The molecule has 102 valence electrons. The smallest absolute Gasteiger partial charge is 0.108 e. The van der Waals surface area contributed by atoms with Crippen LogP contribution in [0.25, 0.3) is 0 Å². The van der Waals surface area contributed by atoms with Crippen molar-refractivity contribution in [1.82, 2.24) is 14.5 Å². The zero-order chi connectivity index (χ0) is 12.6. The van der Waals surface area contributed by atoms with Crippen LogP contribution in [0.15, 0.2) is 12.4 Å². The minimum atomic E-state index is 0.784. The van der Waals surface area contributed by atoms with Gasteiger partial charge < -0.3 is 14.2 Å². The summed E-state index contributed by atoms with van der Waals surface area (Å²) in [4.78, 5) is 7.01. The summed E-state index contributed by atoms with van der Waals surface area (Å²) in [7, 11) is 0. The van der Waals surface area contributed by atoms with E-state index < -0.39 is 0 Å². The molecule has 0 unspecified atom stereocenters. The van der Waals surface area contributed by atoms with Gasteiger partial charge in [-0.1, -0.05) is 0 Å². The van der Waals surface area contributed by atoms with E-state index in [1.807, 2.05) is 13.1 Å². The SMILES string of the molecule is CCOCCn1ccnc1CCCN1CCCC1. The first-order chi connectivity index (χ1) is 8.90. The summed E-state index contributed by atoms with van der Waals surface area (Å²) in [6, 6.07) is 0. The lowest BCUT2D eigenvalue weighted by Crippen LogP contribution is -2.21. The van der Waals surface area contributed by atoms with Crippen molar-refractivity contribution in [1.29, 1.82) is 0 Å². The third-order valence-corrected chi connectivity index (χ3v) is 3.56. The Morgan fingerprint density at radius 2 is 2.11 bits per heavy atom. The molecule has 1 aliphatic rings. The maximum atomic E-state index is 5.39. The molecule has 2 rings (SSSR count). The number of hydrogen-bond acceptors (Lipinski definition) is 3. The molecule has 4 heteroatoms. The van der Waals surface area contributed by atoms with Gasteiger partial charge in [-0.25, -0.2) is 4.98 Å². The van der Waals surface area contributed by atoms with Crippen LogP contribution in [-0.4, -0.2) is 47.3 Å². The van der Waals surface area contributed by atoms with Gasteiger partial charge in [0.25, 0.3) is 0 Å². The molecular weight excluding hydrogens is 226 g/mol. The standard InChI is InChI=1S/C14H25N3O/c1-2-18-13-12-17-11-7-15-14(17)6-5-10-16-8-3-4-9-16/h7,11H,2-6,8-10,12-13H2,1H3. The molecule has 1 aliphatic heterocycles. The average Bonchev–Trinajstić information content (AvgIpc) is 3.02. The molecule has 0 saturated carbocycles. The van der Waals surface area contributed by atoms with Crippen molar-refractivity contribution in [2.45, 2.75) is 39.2 Å². The molecule has 0 atom stereocenters. The monoisotopic (exact) mass is 251 g/mol. The fraction of sp³-hybridized carbons (Fsp3) is 0.786. The van der Waals surface area contributed by atoms with Gasteiger partial charge in [0.05, 0.1) is 6.61 Å². The minimum absolute atomic E-state index is 0.784. The second-order valence-corrected chi connectivity index (χ2v) is 4.89. The van der Waals surface area contributed by atoms with Gasteiger partial charge in [-0.3, -0.25) is 0 Å². The molecular formula is C14H25N3O. The summed E-state index contributed by atoms with van der Waals surface area (Å²) >= 11 is 0. The zero-order valence-electron chi connectivity index (χ0n) is 11.5. The van der Waals surface area contributed by atoms with Gasteiger partial charge >= 0.3 is 0 Å². The maximum absolute atomic E-state index is 5.39. The molecule has 4 nitrogen and oxygen atoms in total. The Hall–Kier alpha value is -0.870. The number of ether oxygens (including phenoxy) is 1. The number of aryl methyl sites for hydroxylation is 1. The fourth-order valence-electron chi connectivity index (χ4n) is 2.55. The molecule has 2 heterocycles. The first-order valence-corrected chi connectivity index (χ1v) is 7.20. The lowest BCUT2D eigenvalue weighted by molar-refractivity contribution is 0.138. The second-order valence-electron chi connectivity index (χ2n) is 4.89. The molecule has 0 N–H and O–H groups in total. The Bertz CT molecular complexity index is 332. The number of aromatic nitrogens is 2. The van der Waals surface area contributed by atoms with Gasteiger partial charge in [0.2, 0.25) is 0 Å². The van der Waals surface area contributed by atoms with Crippen LogP contribution in [0.2, 0.25) is 0 Å². The van der Waals surface area contributed by atoms with Crippen LogP contribution >= 0.6 is 0 Å². The summed E-state index contributed by atoms with van der Waals surface area (Å²) in [5.74, 6) is 1.20. The van der Waals surface area contributed by atoms with Crippen LogP contribution in [0.1, 0.15) is 32.0 Å². The van der Waals surface area contributed by atoms with Crippen LogP contribution in [-0.2, 0) is 17.7 Å². The Morgan fingerprint density at radius 3 is 2.89 bits per heavy atom. The Morgan fingerprint density at radius 1 is 1.28 bits per heavy atom. The van der Waals surface area contributed by atoms with Gasteiger partial charge in [-0.15, -0.1) is 0 Å². The first-order valence-electron chi connectivity index (χ1n) is 7.20. The lowest BCUT2D eigenvalue weighted by atomic mass is 10.3. The van der Waals surface area contributed by atoms with E-state index in [4.69, 9.17) is 4.74 Å². The summed E-state index contributed by atoms with van der Waals surface area (Å²) in [6.07, 6.45) is 9.01. The van der Waals surface area contributed by atoms with Crippen molar-refractivity contribution in [3.05, 3.63) is 18.2 Å². The summed E-state index contributed by atoms with van der Waals surface area (Å²) in [5.41, 5.74) is 0. The molecule has 0 aliphatic carbocycles. The van der Waals surface area contributed by atoms with Gasteiger partial charge in [-0.2, -0.15) is 0 Å². The van der Waals surface area contributed by atoms with Crippen molar-refractivity contribution in [2.75, 3.05) is 32.8 Å². The normalized spacial score (nSPS) is 16.5. The molecule has 1 aromatic heterocycles. The molecule has 1 saturated heterocycles. The number of rotatable bonds is 8. The van der Waals surface area contributed by atoms with E-state index in [1.165, 1.54) is 44.7 Å². The molecule has 0 amide bonds. The average molecular weight is 251 g/mol.